The zero-order chi connectivity index (χ0) is 13.0. The van der Waals surface area contributed by atoms with Crippen LogP contribution in [0.1, 0.15) is 49.0 Å². The van der Waals surface area contributed by atoms with E-state index in [4.69, 9.17) is 0 Å². The monoisotopic (exact) mass is 265 g/mol. The highest BCUT2D eigenvalue weighted by Crippen LogP contribution is 2.27. The summed E-state index contributed by atoms with van der Waals surface area (Å²) in [6.07, 6.45) is 7.22. The Morgan fingerprint density at radius 3 is 2.72 bits per heavy atom. The first-order valence-corrected chi connectivity index (χ1v) is 7.81. The fourth-order valence-electron chi connectivity index (χ4n) is 2.66. The van der Waals surface area contributed by atoms with Crippen molar-refractivity contribution in [3.8, 4) is 0 Å². The summed E-state index contributed by atoms with van der Waals surface area (Å²) >= 11 is 1.75. The smallest absolute Gasteiger partial charge is 0.222 e. The molecule has 0 unspecified atom stereocenters. The van der Waals surface area contributed by atoms with Crippen LogP contribution in [0, 0.1) is 12.8 Å². The van der Waals surface area contributed by atoms with Gasteiger partial charge in [0, 0.05) is 18.3 Å². The lowest BCUT2D eigenvalue weighted by Crippen LogP contribution is -2.28. The van der Waals surface area contributed by atoms with Crippen molar-refractivity contribution in [2.24, 2.45) is 5.92 Å². The summed E-state index contributed by atoms with van der Waals surface area (Å²) in [6.45, 7) is 2.89. The van der Waals surface area contributed by atoms with Crippen LogP contribution in [-0.2, 0) is 11.3 Å². The molecule has 0 aromatic carbocycles. The number of aryl methyl sites for hydroxylation is 1. The predicted octanol–water partition coefficient (Wildman–Crippen LogP) is 3.99. The van der Waals surface area contributed by atoms with Crippen molar-refractivity contribution in [1.82, 2.24) is 4.90 Å². The Bertz CT molecular complexity index is 393. The number of carbonyl (C=O) groups excluding carboxylic acids is 1. The molecule has 1 fully saturated rings. The van der Waals surface area contributed by atoms with Crippen LogP contribution in [0.5, 0.6) is 0 Å². The van der Waals surface area contributed by atoms with Crippen LogP contribution in [0.3, 0.4) is 0 Å². The summed E-state index contributed by atoms with van der Waals surface area (Å²) in [5.41, 5.74) is 1.30. The van der Waals surface area contributed by atoms with E-state index in [1.807, 2.05) is 11.9 Å². The topological polar surface area (TPSA) is 20.3 Å². The van der Waals surface area contributed by atoms with Gasteiger partial charge in [-0.3, -0.25) is 4.79 Å². The Balaban J connectivity index is 1.83. The van der Waals surface area contributed by atoms with E-state index >= 15 is 0 Å². The van der Waals surface area contributed by atoms with Crippen LogP contribution in [0.15, 0.2) is 11.4 Å². The molecule has 1 saturated carbocycles. The van der Waals surface area contributed by atoms with Crippen molar-refractivity contribution in [2.45, 2.75) is 52.0 Å². The SMILES string of the molecule is Cc1ccsc1CN(C)C(=O)CC1CCCCC1. The third-order valence-corrected chi connectivity index (χ3v) is 4.97. The summed E-state index contributed by atoms with van der Waals surface area (Å²) in [6, 6.07) is 2.12. The first-order chi connectivity index (χ1) is 8.66. The second-order valence-corrected chi connectivity index (χ2v) is 6.49. The average molecular weight is 265 g/mol. The minimum Gasteiger partial charge on any atom is -0.341 e. The fraction of sp³-hybridized carbons (Fsp3) is 0.667. The molecule has 0 spiro atoms. The maximum atomic E-state index is 12.2. The molecule has 0 radical (unpaired) electrons. The summed E-state index contributed by atoms with van der Waals surface area (Å²) in [7, 11) is 1.93. The first-order valence-electron chi connectivity index (χ1n) is 6.93. The molecular weight excluding hydrogens is 242 g/mol. The van der Waals surface area contributed by atoms with Gasteiger partial charge >= 0.3 is 0 Å². The maximum Gasteiger partial charge on any atom is 0.222 e. The van der Waals surface area contributed by atoms with Crippen LogP contribution in [0.2, 0.25) is 0 Å². The standard InChI is InChI=1S/C15H23NOS/c1-12-8-9-18-14(12)11-16(2)15(17)10-13-6-4-3-5-7-13/h8-9,13H,3-7,10-11H2,1-2H3. The molecule has 0 N–H and O–H groups in total. The third-order valence-electron chi connectivity index (χ3n) is 3.96. The van der Waals surface area contributed by atoms with Crippen molar-refractivity contribution >= 4 is 17.2 Å². The Morgan fingerprint density at radius 1 is 1.39 bits per heavy atom. The lowest BCUT2D eigenvalue weighted by atomic mass is 9.87. The van der Waals surface area contributed by atoms with Crippen molar-refractivity contribution in [1.29, 1.82) is 0 Å². The van der Waals surface area contributed by atoms with Gasteiger partial charge in [-0.1, -0.05) is 19.3 Å². The van der Waals surface area contributed by atoms with Gasteiger partial charge in [-0.05, 0) is 42.7 Å². The number of carbonyl (C=O) groups is 1. The van der Waals surface area contributed by atoms with E-state index in [0.717, 1.165) is 13.0 Å². The second kappa shape index (κ2) is 6.37. The van der Waals surface area contributed by atoms with E-state index in [1.165, 1.54) is 42.5 Å². The number of thiophene rings is 1. The maximum absolute atomic E-state index is 12.2. The Labute approximate surface area is 114 Å². The quantitative estimate of drug-likeness (QED) is 0.806. The molecule has 100 valence electrons. The van der Waals surface area contributed by atoms with Gasteiger partial charge in [-0.25, -0.2) is 0 Å². The lowest BCUT2D eigenvalue weighted by Gasteiger charge is -2.24. The average Bonchev–Trinajstić information content (AvgIpc) is 2.76. The van der Waals surface area contributed by atoms with Gasteiger partial charge in [0.2, 0.25) is 5.91 Å². The zero-order valence-corrected chi connectivity index (χ0v) is 12.3. The van der Waals surface area contributed by atoms with Gasteiger partial charge in [0.05, 0.1) is 6.54 Å². The highest BCUT2D eigenvalue weighted by atomic mass is 32.1. The molecule has 3 heteroatoms. The molecule has 1 aliphatic carbocycles. The highest BCUT2D eigenvalue weighted by molar-refractivity contribution is 7.10. The van der Waals surface area contributed by atoms with Gasteiger partial charge < -0.3 is 4.90 Å². The second-order valence-electron chi connectivity index (χ2n) is 5.48. The minimum absolute atomic E-state index is 0.315. The van der Waals surface area contributed by atoms with Crippen LogP contribution in [0.4, 0.5) is 0 Å². The number of rotatable bonds is 4. The Kier molecular flexibility index (Phi) is 4.81. The summed E-state index contributed by atoms with van der Waals surface area (Å²) in [4.78, 5) is 15.4. The fourth-order valence-corrected chi connectivity index (χ4v) is 3.62. The predicted molar refractivity (Wildman–Crippen MR) is 76.7 cm³/mol. The van der Waals surface area contributed by atoms with E-state index in [9.17, 15) is 4.79 Å². The molecule has 1 heterocycles. The molecule has 2 nitrogen and oxygen atoms in total. The molecular formula is C15H23NOS. The molecule has 18 heavy (non-hydrogen) atoms. The number of hydrogen-bond donors (Lipinski definition) is 0. The molecule has 0 aliphatic heterocycles. The van der Waals surface area contributed by atoms with Crippen molar-refractivity contribution in [2.75, 3.05) is 7.05 Å². The molecule has 1 amide bonds. The van der Waals surface area contributed by atoms with Crippen LogP contribution in [0.25, 0.3) is 0 Å². The Hall–Kier alpha value is -0.830. The minimum atomic E-state index is 0.315. The molecule has 0 bridgehead atoms. The molecule has 1 aliphatic rings. The van der Waals surface area contributed by atoms with Crippen molar-refractivity contribution < 1.29 is 4.79 Å². The van der Waals surface area contributed by atoms with E-state index in [-0.39, 0.29) is 0 Å². The number of amides is 1. The highest BCUT2D eigenvalue weighted by Gasteiger charge is 2.19. The van der Waals surface area contributed by atoms with Crippen molar-refractivity contribution in [3.05, 3.63) is 21.9 Å². The van der Waals surface area contributed by atoms with Gasteiger partial charge in [0.1, 0.15) is 0 Å². The van der Waals surface area contributed by atoms with Crippen LogP contribution in [-0.4, -0.2) is 17.9 Å². The molecule has 1 aromatic heterocycles. The molecule has 0 saturated heterocycles. The number of hydrogen-bond acceptors (Lipinski definition) is 2. The van der Waals surface area contributed by atoms with Crippen molar-refractivity contribution in [3.63, 3.8) is 0 Å². The van der Waals surface area contributed by atoms with Gasteiger partial charge in [0.25, 0.3) is 0 Å². The molecule has 0 atom stereocenters. The van der Waals surface area contributed by atoms with E-state index in [2.05, 4.69) is 18.4 Å². The molecule has 2 rings (SSSR count). The number of nitrogens with zero attached hydrogens (tertiary/aromatic N) is 1. The van der Waals surface area contributed by atoms with Gasteiger partial charge in [-0.15, -0.1) is 11.3 Å². The summed E-state index contributed by atoms with van der Waals surface area (Å²) in [5, 5.41) is 2.10. The van der Waals surface area contributed by atoms with E-state index in [0.29, 0.717) is 11.8 Å². The summed E-state index contributed by atoms with van der Waals surface area (Å²) in [5.74, 6) is 0.952. The third kappa shape index (κ3) is 3.58. The van der Waals surface area contributed by atoms with Crippen LogP contribution < -0.4 is 0 Å². The molecule has 1 aromatic rings. The zero-order valence-electron chi connectivity index (χ0n) is 11.4. The first kappa shape index (κ1) is 13.6. The summed E-state index contributed by atoms with van der Waals surface area (Å²) < 4.78 is 0. The lowest BCUT2D eigenvalue weighted by molar-refractivity contribution is -0.131. The van der Waals surface area contributed by atoms with E-state index < -0.39 is 0 Å². The normalized spacial score (nSPS) is 16.8. The van der Waals surface area contributed by atoms with E-state index in [1.54, 1.807) is 11.3 Å². The van der Waals surface area contributed by atoms with Gasteiger partial charge in [-0.2, -0.15) is 0 Å². The largest absolute Gasteiger partial charge is 0.341 e. The van der Waals surface area contributed by atoms with Gasteiger partial charge in [0.15, 0.2) is 0 Å². The Morgan fingerprint density at radius 2 is 2.11 bits per heavy atom. The van der Waals surface area contributed by atoms with Crippen LogP contribution >= 0.6 is 11.3 Å².